The molecule has 0 spiro atoms. The first-order valence-electron chi connectivity index (χ1n) is 20.9. The molecule has 3 aromatic carbocycles. The Balaban J connectivity index is 0.970. The van der Waals surface area contributed by atoms with E-state index in [-0.39, 0.29) is 37.0 Å². The van der Waals surface area contributed by atoms with Gasteiger partial charge in [-0.3, -0.25) is 9.59 Å². The Morgan fingerprint density at radius 2 is 1.22 bits per heavy atom. The molecule has 0 bridgehead atoms. The molecule has 4 aliphatic rings. The molecule has 5 aromatic rings. The Bertz CT molecular complexity index is 2560. The monoisotopic (exact) mass is 896 g/mol. The minimum Gasteiger partial charge on any atom is -0.488 e. The fourth-order valence-electron chi connectivity index (χ4n) is 9.17. The van der Waals surface area contributed by atoms with Crippen molar-refractivity contribution < 1.29 is 38.1 Å². The topological polar surface area (TPSA) is 193 Å². The molecule has 63 heavy (non-hydrogen) atoms. The number of hydrogen-bond acceptors (Lipinski definition) is 10. The lowest BCUT2D eigenvalue weighted by molar-refractivity contribution is -0.135. The summed E-state index contributed by atoms with van der Waals surface area (Å²) in [6.07, 6.45) is 1.48. The summed E-state index contributed by atoms with van der Waals surface area (Å²) in [5, 5.41) is 6.03. The van der Waals surface area contributed by atoms with Gasteiger partial charge in [0, 0.05) is 46.5 Å². The molecule has 9 rings (SSSR count). The van der Waals surface area contributed by atoms with Crippen molar-refractivity contribution in [2.75, 3.05) is 27.3 Å². The summed E-state index contributed by atoms with van der Waals surface area (Å²) in [5.74, 6) is 1.78. The predicted octanol–water partition coefficient (Wildman–Crippen LogP) is 8.03. The van der Waals surface area contributed by atoms with Gasteiger partial charge in [-0.25, -0.2) is 19.6 Å². The molecule has 4 N–H and O–H groups in total. The van der Waals surface area contributed by atoms with E-state index < -0.39 is 30.3 Å². The van der Waals surface area contributed by atoms with Gasteiger partial charge in [-0.2, -0.15) is 0 Å². The molecule has 2 aromatic heterocycles. The van der Waals surface area contributed by atoms with Crippen molar-refractivity contribution in [3.05, 3.63) is 93.2 Å². The number of aromatic nitrogens is 4. The second-order valence-corrected chi connectivity index (χ2v) is 17.1. The fourth-order valence-corrected chi connectivity index (χ4v) is 9.67. The van der Waals surface area contributed by atoms with Crippen molar-refractivity contribution >= 4 is 47.2 Å². The van der Waals surface area contributed by atoms with Crippen LogP contribution in [0.15, 0.2) is 54.6 Å². The van der Waals surface area contributed by atoms with E-state index in [9.17, 15) is 19.2 Å². The molecule has 0 aliphatic carbocycles. The summed E-state index contributed by atoms with van der Waals surface area (Å²) >= 11 is 13.7. The Morgan fingerprint density at radius 3 is 1.71 bits per heavy atom. The average molecular weight is 898 g/mol. The van der Waals surface area contributed by atoms with Gasteiger partial charge in [0.25, 0.3) is 5.91 Å². The molecule has 0 saturated carbocycles. The summed E-state index contributed by atoms with van der Waals surface area (Å²) in [6, 6.07) is 14.4. The third-order valence-corrected chi connectivity index (χ3v) is 12.8. The number of H-pyrrole nitrogens is 2. The molecule has 2 fully saturated rings. The Hall–Kier alpha value is -6.26. The van der Waals surface area contributed by atoms with Crippen LogP contribution < -0.4 is 20.1 Å². The molecule has 328 valence electrons. The van der Waals surface area contributed by atoms with Crippen molar-refractivity contribution in [3.8, 4) is 45.1 Å². The maximum Gasteiger partial charge on any atom is 0.407 e. The number of ether oxygens (including phenoxy) is 4. The SMILES string of the molecule is COC(=O)N[C@H](C(=O)N1CCC[C@H]1c1nc(-c2cc3c4c(c2)OCc2cc(-c5nc([C@@H]6CCCN6C(=O)[C@H](NC(=O)OC)c6ccccc6)[nH]c5Cl)cc(c2-4)OC3)c(Cl)[nH]1)C(C)C. The molecule has 6 heterocycles. The highest BCUT2D eigenvalue weighted by Gasteiger charge is 2.40. The van der Waals surface area contributed by atoms with Gasteiger partial charge in [0.15, 0.2) is 0 Å². The van der Waals surface area contributed by atoms with Crippen molar-refractivity contribution in [3.63, 3.8) is 0 Å². The minimum atomic E-state index is -0.949. The molecule has 4 aliphatic heterocycles. The van der Waals surface area contributed by atoms with Crippen molar-refractivity contribution in [1.29, 1.82) is 0 Å². The number of nitrogens with zero attached hydrogens (tertiary/aromatic N) is 4. The smallest absolute Gasteiger partial charge is 0.407 e. The number of nitrogens with one attached hydrogen (secondary N) is 4. The molecule has 2 saturated heterocycles. The fraction of sp³-hybridized carbons (Fsp3) is 0.378. The largest absolute Gasteiger partial charge is 0.488 e. The highest BCUT2D eigenvalue weighted by Crippen LogP contribution is 2.52. The summed E-state index contributed by atoms with van der Waals surface area (Å²) in [4.78, 5) is 72.1. The number of methoxy groups -OCH3 is 2. The zero-order chi connectivity index (χ0) is 44.1. The predicted molar refractivity (Wildman–Crippen MR) is 232 cm³/mol. The normalized spacial score (nSPS) is 18.3. The quantitative estimate of drug-likeness (QED) is 0.107. The van der Waals surface area contributed by atoms with Crippen LogP contribution in [0.5, 0.6) is 11.5 Å². The highest BCUT2D eigenvalue weighted by molar-refractivity contribution is 6.32. The number of aromatic amines is 2. The second kappa shape index (κ2) is 17.1. The van der Waals surface area contributed by atoms with E-state index in [1.54, 1.807) is 21.9 Å². The molecule has 16 nitrogen and oxygen atoms in total. The molecule has 0 unspecified atom stereocenters. The first-order chi connectivity index (χ1) is 30.4. The molecule has 4 atom stereocenters. The number of halogens is 2. The number of alkyl carbamates (subject to hydrolysis) is 2. The van der Waals surface area contributed by atoms with Gasteiger partial charge in [0.1, 0.15) is 70.1 Å². The lowest BCUT2D eigenvalue weighted by Crippen LogP contribution is -2.51. The lowest BCUT2D eigenvalue weighted by Gasteiger charge is -2.30. The van der Waals surface area contributed by atoms with Crippen LogP contribution in [-0.4, -0.2) is 87.1 Å². The van der Waals surface area contributed by atoms with Crippen molar-refractivity contribution in [2.45, 2.75) is 76.9 Å². The number of carbonyl (C=O) groups is 4. The zero-order valence-electron chi connectivity index (χ0n) is 35.1. The van der Waals surface area contributed by atoms with Crippen LogP contribution in [-0.2, 0) is 32.3 Å². The van der Waals surface area contributed by atoms with Crippen molar-refractivity contribution in [1.82, 2.24) is 40.4 Å². The standard InChI is InChI=1S/C45H46Cl2N8O8/c1-22(2)34(50-44(58)60-3)42(56)54-14-8-12-28(54)40-48-35(38(46)52-40)24-16-26-20-63-31-19-25(17-27-21-62-30(18-24)32(26)33(27)31)36-39(47)53-41(49-36)29-13-9-15-55(29)43(57)37(51-45(59)61-4)23-10-6-5-7-11-23/h5-7,10-11,16-19,22,28-29,34,37H,8-9,12-15,20-21H2,1-4H3,(H,48,52)(H,49,53)(H,50,58)(H,51,59)/t28-,29-,34-,37+/m0/s1. The van der Waals surface area contributed by atoms with Gasteiger partial charge in [0.05, 0.1) is 26.3 Å². The van der Waals surface area contributed by atoms with Crippen LogP contribution in [0.2, 0.25) is 10.3 Å². The van der Waals surface area contributed by atoms with Crippen molar-refractivity contribution in [2.24, 2.45) is 5.92 Å². The van der Waals surface area contributed by atoms with Crippen LogP contribution in [0.25, 0.3) is 33.6 Å². The van der Waals surface area contributed by atoms with Gasteiger partial charge < -0.3 is 49.3 Å². The first-order valence-corrected chi connectivity index (χ1v) is 21.7. The molecular formula is C45H46Cl2N8O8. The summed E-state index contributed by atoms with van der Waals surface area (Å²) in [6.45, 7) is 5.24. The van der Waals surface area contributed by atoms with E-state index >= 15 is 0 Å². The van der Waals surface area contributed by atoms with E-state index in [0.717, 1.165) is 46.2 Å². The van der Waals surface area contributed by atoms with E-state index in [4.69, 9.17) is 52.1 Å². The number of amides is 4. The molecule has 18 heteroatoms. The van der Waals surface area contributed by atoms with Crippen LogP contribution in [0, 0.1) is 5.92 Å². The maximum absolute atomic E-state index is 14.1. The zero-order valence-corrected chi connectivity index (χ0v) is 36.6. The van der Waals surface area contributed by atoms with Gasteiger partial charge in [-0.05, 0) is 61.4 Å². The summed E-state index contributed by atoms with van der Waals surface area (Å²) in [7, 11) is 2.53. The Morgan fingerprint density at radius 1 is 0.730 bits per heavy atom. The average Bonchev–Trinajstić information content (AvgIpc) is 4.12. The number of hydrogen-bond donors (Lipinski definition) is 4. The Kier molecular flexibility index (Phi) is 11.4. The highest BCUT2D eigenvalue weighted by atomic mass is 35.5. The van der Waals surface area contributed by atoms with Crippen LogP contribution in [0.4, 0.5) is 9.59 Å². The van der Waals surface area contributed by atoms with Gasteiger partial charge in [0.2, 0.25) is 5.91 Å². The number of imidazole rings is 2. The summed E-state index contributed by atoms with van der Waals surface area (Å²) < 4.78 is 22.5. The van der Waals surface area contributed by atoms with Crippen LogP contribution >= 0.6 is 23.2 Å². The third-order valence-electron chi connectivity index (χ3n) is 12.2. The molecular weight excluding hydrogens is 851 g/mol. The van der Waals surface area contributed by atoms with E-state index in [1.807, 2.05) is 56.3 Å². The molecule has 0 radical (unpaired) electrons. The van der Waals surface area contributed by atoms with Crippen LogP contribution in [0.1, 0.15) is 86.0 Å². The second-order valence-electron chi connectivity index (χ2n) is 16.4. The maximum atomic E-state index is 14.1. The summed E-state index contributed by atoms with van der Waals surface area (Å²) in [5.41, 5.74) is 6.78. The van der Waals surface area contributed by atoms with Gasteiger partial charge >= 0.3 is 12.2 Å². The first kappa shape index (κ1) is 42.1. The Labute approximate surface area is 372 Å². The third kappa shape index (κ3) is 7.79. The van der Waals surface area contributed by atoms with E-state index in [0.29, 0.717) is 76.3 Å². The number of benzene rings is 3. The minimum absolute atomic E-state index is 0.165. The number of likely N-dealkylation sites (tertiary alicyclic amines) is 2. The van der Waals surface area contributed by atoms with E-state index in [2.05, 4.69) is 20.6 Å². The van der Waals surface area contributed by atoms with E-state index in [1.165, 1.54) is 14.2 Å². The van der Waals surface area contributed by atoms with Gasteiger partial charge in [-0.1, -0.05) is 67.4 Å². The lowest BCUT2D eigenvalue weighted by atomic mass is 9.87. The molecule has 4 amide bonds. The number of rotatable bonds is 10. The van der Waals surface area contributed by atoms with Crippen LogP contribution in [0.3, 0.4) is 0 Å². The van der Waals surface area contributed by atoms with Gasteiger partial charge in [-0.15, -0.1) is 0 Å². The number of carbonyl (C=O) groups excluding carboxylic acids is 4.